The molecule has 1 saturated carbocycles. The van der Waals surface area contributed by atoms with Gasteiger partial charge >= 0.3 is 0 Å². The maximum Gasteiger partial charge on any atom is 0.258 e. The van der Waals surface area contributed by atoms with Crippen molar-refractivity contribution in [3.05, 3.63) is 29.8 Å². The molecule has 1 fully saturated rings. The van der Waals surface area contributed by atoms with Gasteiger partial charge in [-0.2, -0.15) is 0 Å². The average molecular weight is 290 g/mol. The van der Waals surface area contributed by atoms with Crippen LogP contribution in [0.1, 0.15) is 38.7 Å². The van der Waals surface area contributed by atoms with Crippen molar-refractivity contribution < 1.29 is 9.53 Å². The Balaban J connectivity index is 1.71. The van der Waals surface area contributed by atoms with Crippen molar-refractivity contribution in [3.8, 4) is 5.75 Å². The van der Waals surface area contributed by atoms with E-state index in [1.807, 2.05) is 12.1 Å². The zero-order valence-electron chi connectivity index (χ0n) is 13.0. The van der Waals surface area contributed by atoms with Crippen LogP contribution in [0.5, 0.6) is 5.75 Å². The largest absolute Gasteiger partial charge is 0.484 e. The van der Waals surface area contributed by atoms with Gasteiger partial charge in [-0.05, 0) is 56.8 Å². The lowest BCUT2D eigenvalue weighted by Crippen LogP contribution is -2.30. The van der Waals surface area contributed by atoms with E-state index in [9.17, 15) is 4.79 Å². The van der Waals surface area contributed by atoms with E-state index in [4.69, 9.17) is 4.74 Å². The predicted octanol–water partition coefficient (Wildman–Crippen LogP) is 2.27. The summed E-state index contributed by atoms with van der Waals surface area (Å²) in [7, 11) is 0. The minimum absolute atomic E-state index is 0.0287. The van der Waals surface area contributed by atoms with E-state index < -0.39 is 0 Å². The molecule has 1 aromatic rings. The monoisotopic (exact) mass is 290 g/mol. The average Bonchev–Trinajstić information content (AvgIpc) is 3.28. The van der Waals surface area contributed by atoms with Crippen molar-refractivity contribution in [2.24, 2.45) is 0 Å². The highest BCUT2D eigenvalue weighted by Crippen LogP contribution is 2.18. The van der Waals surface area contributed by atoms with Gasteiger partial charge in [-0.3, -0.25) is 4.79 Å². The fourth-order valence-corrected chi connectivity index (χ4v) is 2.18. The lowest BCUT2D eigenvalue weighted by atomic mass is 10.1. The van der Waals surface area contributed by atoms with Crippen molar-refractivity contribution in [1.82, 2.24) is 10.6 Å². The van der Waals surface area contributed by atoms with Crippen molar-refractivity contribution in [2.75, 3.05) is 13.2 Å². The Morgan fingerprint density at radius 2 is 2.05 bits per heavy atom. The van der Waals surface area contributed by atoms with Crippen molar-refractivity contribution >= 4 is 5.91 Å². The van der Waals surface area contributed by atoms with Gasteiger partial charge in [0.2, 0.25) is 0 Å². The van der Waals surface area contributed by atoms with E-state index in [-0.39, 0.29) is 12.5 Å². The SMILES string of the molecule is CCCNC(C)Cc1ccc(OCC(=O)NC2CC2)cc1. The van der Waals surface area contributed by atoms with Gasteiger partial charge < -0.3 is 15.4 Å². The summed E-state index contributed by atoms with van der Waals surface area (Å²) in [6.45, 7) is 5.52. The normalized spacial score (nSPS) is 15.5. The summed E-state index contributed by atoms with van der Waals surface area (Å²) in [6, 6.07) is 8.87. The number of hydrogen-bond acceptors (Lipinski definition) is 3. The molecule has 0 saturated heterocycles. The maximum absolute atomic E-state index is 11.5. The van der Waals surface area contributed by atoms with Gasteiger partial charge in [0.05, 0.1) is 0 Å². The molecule has 0 heterocycles. The number of benzene rings is 1. The Bertz CT molecular complexity index is 441. The number of hydrogen-bond donors (Lipinski definition) is 2. The fraction of sp³-hybridized carbons (Fsp3) is 0.588. The van der Waals surface area contributed by atoms with Gasteiger partial charge in [0.25, 0.3) is 5.91 Å². The first kappa shape index (κ1) is 15.8. The molecule has 0 bridgehead atoms. The number of nitrogens with one attached hydrogen (secondary N) is 2. The topological polar surface area (TPSA) is 50.4 Å². The van der Waals surface area contributed by atoms with Crippen LogP contribution in [0.3, 0.4) is 0 Å². The Labute approximate surface area is 127 Å². The molecule has 4 nitrogen and oxygen atoms in total. The smallest absolute Gasteiger partial charge is 0.258 e. The van der Waals surface area contributed by atoms with Crippen LogP contribution in [-0.4, -0.2) is 31.1 Å². The van der Waals surface area contributed by atoms with Crippen molar-refractivity contribution in [1.29, 1.82) is 0 Å². The number of rotatable bonds is 9. The maximum atomic E-state index is 11.5. The van der Waals surface area contributed by atoms with Crippen LogP contribution >= 0.6 is 0 Å². The van der Waals surface area contributed by atoms with Crippen LogP contribution in [0.25, 0.3) is 0 Å². The number of amides is 1. The second-order valence-electron chi connectivity index (χ2n) is 5.83. The van der Waals surface area contributed by atoms with Crippen LogP contribution in [0.2, 0.25) is 0 Å². The molecule has 0 aromatic heterocycles. The van der Waals surface area contributed by atoms with Crippen LogP contribution in [0.4, 0.5) is 0 Å². The molecule has 4 heteroatoms. The highest BCUT2D eigenvalue weighted by atomic mass is 16.5. The molecule has 2 rings (SSSR count). The third kappa shape index (κ3) is 6.17. The molecule has 2 N–H and O–H groups in total. The Kier molecular flexibility index (Phi) is 6.05. The third-order valence-corrected chi connectivity index (χ3v) is 3.52. The molecule has 0 aliphatic heterocycles. The fourth-order valence-electron chi connectivity index (χ4n) is 2.18. The molecule has 0 radical (unpaired) electrons. The quantitative estimate of drug-likeness (QED) is 0.733. The first-order valence-electron chi connectivity index (χ1n) is 7.92. The van der Waals surface area contributed by atoms with Crippen molar-refractivity contribution in [2.45, 2.75) is 51.6 Å². The Morgan fingerprint density at radius 3 is 2.67 bits per heavy atom. The first-order chi connectivity index (χ1) is 10.2. The van der Waals surface area contributed by atoms with E-state index in [1.54, 1.807) is 0 Å². The lowest BCUT2D eigenvalue weighted by molar-refractivity contribution is -0.123. The second kappa shape index (κ2) is 8.03. The van der Waals surface area contributed by atoms with E-state index in [1.165, 1.54) is 5.56 Å². The molecule has 1 aromatic carbocycles. The van der Waals surface area contributed by atoms with E-state index in [0.29, 0.717) is 12.1 Å². The summed E-state index contributed by atoms with van der Waals surface area (Å²) in [4.78, 5) is 11.5. The predicted molar refractivity (Wildman–Crippen MR) is 84.6 cm³/mol. The molecular formula is C17H26N2O2. The number of carbonyl (C=O) groups is 1. The molecular weight excluding hydrogens is 264 g/mol. The van der Waals surface area contributed by atoms with Crippen LogP contribution in [-0.2, 0) is 11.2 Å². The van der Waals surface area contributed by atoms with Crippen LogP contribution in [0.15, 0.2) is 24.3 Å². The summed E-state index contributed by atoms with van der Waals surface area (Å²) in [5, 5.41) is 6.38. The standard InChI is InChI=1S/C17H26N2O2/c1-3-10-18-13(2)11-14-4-8-16(9-5-14)21-12-17(20)19-15-6-7-15/h4-5,8-9,13,15,18H,3,6-7,10-12H2,1-2H3,(H,19,20). The summed E-state index contributed by atoms with van der Waals surface area (Å²) in [5.41, 5.74) is 1.28. The summed E-state index contributed by atoms with van der Waals surface area (Å²) >= 11 is 0. The molecule has 21 heavy (non-hydrogen) atoms. The van der Waals surface area contributed by atoms with Gasteiger partial charge in [-0.1, -0.05) is 19.1 Å². The summed E-state index contributed by atoms with van der Waals surface area (Å²) < 4.78 is 5.49. The second-order valence-corrected chi connectivity index (χ2v) is 5.83. The Hall–Kier alpha value is -1.55. The van der Waals surface area contributed by atoms with Crippen LogP contribution in [0, 0.1) is 0 Å². The number of carbonyl (C=O) groups excluding carboxylic acids is 1. The van der Waals surface area contributed by atoms with Crippen LogP contribution < -0.4 is 15.4 Å². The van der Waals surface area contributed by atoms with E-state index in [2.05, 4.69) is 36.6 Å². The molecule has 1 aliphatic rings. The third-order valence-electron chi connectivity index (χ3n) is 3.52. The van der Waals surface area contributed by atoms with E-state index in [0.717, 1.165) is 38.0 Å². The molecule has 1 atom stereocenters. The highest BCUT2D eigenvalue weighted by Gasteiger charge is 2.23. The van der Waals surface area contributed by atoms with E-state index >= 15 is 0 Å². The first-order valence-corrected chi connectivity index (χ1v) is 7.92. The van der Waals surface area contributed by atoms with Gasteiger partial charge in [0.15, 0.2) is 6.61 Å². The molecule has 0 spiro atoms. The molecule has 1 unspecified atom stereocenters. The Morgan fingerprint density at radius 1 is 1.33 bits per heavy atom. The highest BCUT2D eigenvalue weighted by molar-refractivity contribution is 5.78. The summed E-state index contributed by atoms with van der Waals surface area (Å²) in [6.07, 6.45) is 4.36. The van der Waals surface area contributed by atoms with Gasteiger partial charge in [-0.15, -0.1) is 0 Å². The molecule has 1 amide bonds. The van der Waals surface area contributed by atoms with Gasteiger partial charge in [-0.25, -0.2) is 0 Å². The molecule has 116 valence electrons. The summed E-state index contributed by atoms with van der Waals surface area (Å²) in [5.74, 6) is 0.720. The minimum Gasteiger partial charge on any atom is -0.484 e. The van der Waals surface area contributed by atoms with Gasteiger partial charge in [0, 0.05) is 12.1 Å². The zero-order valence-corrected chi connectivity index (χ0v) is 13.0. The minimum atomic E-state index is -0.0287. The molecule has 1 aliphatic carbocycles. The van der Waals surface area contributed by atoms with Gasteiger partial charge in [0.1, 0.15) is 5.75 Å². The lowest BCUT2D eigenvalue weighted by Gasteiger charge is -2.13. The number of ether oxygens (including phenoxy) is 1. The zero-order chi connectivity index (χ0) is 15.1. The van der Waals surface area contributed by atoms with Crippen molar-refractivity contribution in [3.63, 3.8) is 0 Å².